The number of furan rings is 1. The van der Waals surface area contributed by atoms with Crippen molar-refractivity contribution >= 4 is 17.2 Å². The summed E-state index contributed by atoms with van der Waals surface area (Å²) in [5.74, 6) is 0.732. The number of piperazine rings is 1. The van der Waals surface area contributed by atoms with Crippen molar-refractivity contribution in [3.63, 3.8) is 0 Å². The maximum absolute atomic E-state index is 12.6. The molecule has 1 aliphatic rings. The number of nitrogens with zero attached hydrogens (tertiary/aromatic N) is 2. The number of thiazole rings is 1. The molecule has 0 bridgehead atoms. The molecule has 106 valence electrons. The lowest BCUT2D eigenvalue weighted by Gasteiger charge is -2.33. The van der Waals surface area contributed by atoms with Gasteiger partial charge in [-0.3, -0.25) is 4.79 Å². The van der Waals surface area contributed by atoms with Gasteiger partial charge >= 0.3 is 0 Å². The number of rotatable bonds is 2. The summed E-state index contributed by atoms with van der Waals surface area (Å²) in [7, 11) is 0. The lowest BCUT2D eigenvalue weighted by Crippen LogP contribution is -2.52. The van der Waals surface area contributed by atoms with Crippen LogP contribution >= 0.6 is 11.3 Å². The fourth-order valence-electron chi connectivity index (χ4n) is 2.38. The number of carbonyl (C=O) groups is 1. The molecule has 20 heavy (non-hydrogen) atoms. The maximum atomic E-state index is 12.6. The zero-order valence-corrected chi connectivity index (χ0v) is 12.4. The fraction of sp³-hybridized carbons (Fsp3) is 0.429. The molecular formula is C14H17N3O2S. The average Bonchev–Trinajstić information content (AvgIpc) is 3.07. The van der Waals surface area contributed by atoms with Gasteiger partial charge in [-0.25, -0.2) is 4.98 Å². The molecule has 1 aliphatic heterocycles. The topological polar surface area (TPSA) is 58.4 Å². The largest absolute Gasteiger partial charge is 0.462 e. The smallest absolute Gasteiger partial charge is 0.273 e. The molecule has 0 aliphatic carbocycles. The molecule has 6 heteroatoms. The minimum atomic E-state index is 0.0190. The van der Waals surface area contributed by atoms with Crippen LogP contribution in [-0.4, -0.2) is 41.5 Å². The first kappa shape index (κ1) is 13.3. The van der Waals surface area contributed by atoms with Crippen LogP contribution in [0.25, 0.3) is 10.8 Å². The van der Waals surface area contributed by atoms with Gasteiger partial charge in [-0.2, -0.15) is 0 Å². The second-order valence-corrected chi connectivity index (χ2v) is 6.16. The molecule has 2 aromatic rings. The zero-order chi connectivity index (χ0) is 14.1. The number of aromatic nitrogens is 1. The molecule has 1 saturated heterocycles. The lowest BCUT2D eigenvalue weighted by atomic mass is 10.2. The van der Waals surface area contributed by atoms with E-state index in [1.54, 1.807) is 6.26 Å². The minimum absolute atomic E-state index is 0.0190. The van der Waals surface area contributed by atoms with Gasteiger partial charge in [-0.15, -0.1) is 11.3 Å². The molecule has 1 amide bonds. The quantitative estimate of drug-likeness (QED) is 0.921. The average molecular weight is 291 g/mol. The number of amides is 1. The van der Waals surface area contributed by atoms with E-state index in [4.69, 9.17) is 4.42 Å². The Labute approximate surface area is 121 Å². The Morgan fingerprint density at radius 1 is 1.60 bits per heavy atom. The van der Waals surface area contributed by atoms with E-state index in [0.29, 0.717) is 11.5 Å². The Balaban J connectivity index is 1.88. The first-order valence-corrected chi connectivity index (χ1v) is 7.51. The van der Waals surface area contributed by atoms with Crippen molar-refractivity contribution in [2.24, 2.45) is 0 Å². The molecule has 5 nitrogen and oxygen atoms in total. The van der Waals surface area contributed by atoms with Crippen LogP contribution in [-0.2, 0) is 0 Å². The molecule has 1 fully saturated rings. The highest BCUT2D eigenvalue weighted by molar-refractivity contribution is 7.15. The molecule has 0 spiro atoms. The summed E-state index contributed by atoms with van der Waals surface area (Å²) in [6.45, 7) is 6.39. The fourth-order valence-corrected chi connectivity index (χ4v) is 3.25. The summed E-state index contributed by atoms with van der Waals surface area (Å²) < 4.78 is 5.35. The summed E-state index contributed by atoms with van der Waals surface area (Å²) in [6, 6.07) is 3.88. The maximum Gasteiger partial charge on any atom is 0.273 e. The van der Waals surface area contributed by atoms with Crippen molar-refractivity contribution < 1.29 is 9.21 Å². The summed E-state index contributed by atoms with van der Waals surface area (Å²) in [5, 5.41) is 4.05. The van der Waals surface area contributed by atoms with Crippen molar-refractivity contribution in [1.82, 2.24) is 15.2 Å². The molecule has 3 rings (SSSR count). The molecule has 3 heterocycles. The van der Waals surface area contributed by atoms with Gasteiger partial charge in [0.15, 0.2) is 10.8 Å². The van der Waals surface area contributed by atoms with Crippen molar-refractivity contribution in [3.8, 4) is 10.8 Å². The number of hydrogen-bond donors (Lipinski definition) is 1. The van der Waals surface area contributed by atoms with Crippen molar-refractivity contribution in [1.29, 1.82) is 0 Å². The van der Waals surface area contributed by atoms with E-state index in [1.807, 2.05) is 24.0 Å². The third-order valence-corrected chi connectivity index (χ3v) is 4.48. The minimum Gasteiger partial charge on any atom is -0.462 e. The van der Waals surface area contributed by atoms with Crippen LogP contribution in [0.2, 0.25) is 0 Å². The van der Waals surface area contributed by atoms with Crippen LogP contribution in [0.5, 0.6) is 0 Å². The third kappa shape index (κ3) is 2.36. The van der Waals surface area contributed by atoms with E-state index in [2.05, 4.69) is 17.2 Å². The number of aryl methyl sites for hydroxylation is 1. The van der Waals surface area contributed by atoms with Crippen molar-refractivity contribution in [2.75, 3.05) is 19.6 Å². The molecule has 0 radical (unpaired) electrons. The predicted octanol–water partition coefficient (Wildman–Crippen LogP) is 2.15. The number of nitrogens with one attached hydrogen (secondary N) is 1. The Bertz CT molecular complexity index is 606. The summed E-state index contributed by atoms with van der Waals surface area (Å²) in [4.78, 5) is 19.9. The van der Waals surface area contributed by atoms with Gasteiger partial charge < -0.3 is 14.6 Å². The first-order chi connectivity index (χ1) is 9.66. The molecular weight excluding hydrogens is 274 g/mol. The highest BCUT2D eigenvalue weighted by Crippen LogP contribution is 2.28. The Kier molecular flexibility index (Phi) is 3.58. The lowest BCUT2D eigenvalue weighted by molar-refractivity contribution is 0.0650. The van der Waals surface area contributed by atoms with Crippen LogP contribution in [0.15, 0.2) is 22.8 Å². The van der Waals surface area contributed by atoms with Gasteiger partial charge in [0.25, 0.3) is 5.91 Å². The molecule has 0 unspecified atom stereocenters. The first-order valence-electron chi connectivity index (χ1n) is 6.70. The van der Waals surface area contributed by atoms with Gasteiger partial charge in [-0.1, -0.05) is 0 Å². The van der Waals surface area contributed by atoms with E-state index in [-0.39, 0.29) is 11.9 Å². The second kappa shape index (κ2) is 5.38. The SMILES string of the molecule is Cc1sc(-c2ccco2)nc1C(=O)N1CCNC[C@@H]1C. The van der Waals surface area contributed by atoms with E-state index < -0.39 is 0 Å². The summed E-state index contributed by atoms with van der Waals surface area (Å²) in [5.41, 5.74) is 0.551. The van der Waals surface area contributed by atoms with E-state index in [1.165, 1.54) is 11.3 Å². The third-order valence-electron chi connectivity index (χ3n) is 3.49. The Morgan fingerprint density at radius 2 is 2.45 bits per heavy atom. The van der Waals surface area contributed by atoms with Crippen molar-refractivity contribution in [3.05, 3.63) is 29.0 Å². The molecule has 2 aromatic heterocycles. The highest BCUT2D eigenvalue weighted by atomic mass is 32.1. The van der Waals surface area contributed by atoms with Gasteiger partial charge in [0.05, 0.1) is 6.26 Å². The molecule has 0 aromatic carbocycles. The predicted molar refractivity (Wildman–Crippen MR) is 77.9 cm³/mol. The molecule has 0 saturated carbocycles. The van der Waals surface area contributed by atoms with E-state index >= 15 is 0 Å². The molecule has 1 atom stereocenters. The van der Waals surface area contributed by atoms with E-state index in [9.17, 15) is 4.79 Å². The van der Waals surface area contributed by atoms with E-state index in [0.717, 1.165) is 29.5 Å². The number of carbonyl (C=O) groups excluding carboxylic acids is 1. The van der Waals surface area contributed by atoms with Gasteiger partial charge in [0.1, 0.15) is 5.69 Å². The molecule has 1 N–H and O–H groups in total. The van der Waals surface area contributed by atoms with Crippen LogP contribution in [0, 0.1) is 6.92 Å². The van der Waals surface area contributed by atoms with Crippen LogP contribution in [0.4, 0.5) is 0 Å². The zero-order valence-electron chi connectivity index (χ0n) is 11.5. The number of hydrogen-bond acceptors (Lipinski definition) is 5. The van der Waals surface area contributed by atoms with Crippen LogP contribution in [0.3, 0.4) is 0 Å². The summed E-state index contributed by atoms with van der Waals surface area (Å²) >= 11 is 1.50. The Hall–Kier alpha value is -1.66. The van der Waals surface area contributed by atoms with Gasteiger partial charge in [0.2, 0.25) is 0 Å². The second-order valence-electron chi connectivity index (χ2n) is 4.95. The Morgan fingerprint density at radius 3 is 3.15 bits per heavy atom. The summed E-state index contributed by atoms with van der Waals surface area (Å²) in [6.07, 6.45) is 1.62. The highest BCUT2D eigenvalue weighted by Gasteiger charge is 2.27. The van der Waals surface area contributed by atoms with Crippen LogP contribution < -0.4 is 5.32 Å². The standard InChI is InChI=1S/C14H17N3O2S/c1-9-8-15-5-6-17(9)14(18)12-10(2)20-13(16-12)11-4-3-7-19-11/h3-4,7,9,15H,5-6,8H2,1-2H3/t9-/m0/s1. The van der Waals surface area contributed by atoms with Gasteiger partial charge in [0, 0.05) is 30.6 Å². The normalized spacial score (nSPS) is 19.3. The van der Waals surface area contributed by atoms with Crippen molar-refractivity contribution in [2.45, 2.75) is 19.9 Å². The van der Waals surface area contributed by atoms with Gasteiger partial charge in [-0.05, 0) is 26.0 Å². The van der Waals surface area contributed by atoms with Crippen LogP contribution in [0.1, 0.15) is 22.3 Å². The monoisotopic (exact) mass is 291 g/mol.